The first-order valence-electron chi connectivity index (χ1n) is 5.74. The molecule has 2 rings (SSSR count). The Morgan fingerprint density at radius 3 is 2.44 bits per heavy atom. The molecule has 4 nitrogen and oxygen atoms in total. The van der Waals surface area contributed by atoms with Gasteiger partial charge in [0, 0.05) is 19.1 Å². The van der Waals surface area contributed by atoms with Gasteiger partial charge in [0.15, 0.2) is 0 Å². The van der Waals surface area contributed by atoms with Crippen molar-refractivity contribution in [2.24, 2.45) is 0 Å². The van der Waals surface area contributed by atoms with E-state index in [4.69, 9.17) is 5.26 Å². The van der Waals surface area contributed by atoms with Gasteiger partial charge in [-0.25, -0.2) is 0 Å². The molecule has 4 heteroatoms. The minimum absolute atomic E-state index is 0.447. The molecule has 16 heavy (non-hydrogen) atoms. The van der Waals surface area contributed by atoms with Gasteiger partial charge in [0.1, 0.15) is 6.07 Å². The fourth-order valence-corrected chi connectivity index (χ4v) is 2.24. The third kappa shape index (κ3) is 1.61. The molecule has 2 heterocycles. The third-order valence-electron chi connectivity index (χ3n) is 3.40. The quantitative estimate of drug-likeness (QED) is 0.758. The van der Waals surface area contributed by atoms with Gasteiger partial charge in [0.2, 0.25) is 0 Å². The Morgan fingerprint density at radius 2 is 2.00 bits per heavy atom. The van der Waals surface area contributed by atoms with Gasteiger partial charge in [0.05, 0.1) is 23.0 Å². The van der Waals surface area contributed by atoms with E-state index in [1.165, 1.54) is 0 Å². The molecule has 0 saturated carbocycles. The Balaban J connectivity index is 2.16. The molecule has 0 spiro atoms. The van der Waals surface area contributed by atoms with Crippen molar-refractivity contribution in [1.29, 1.82) is 5.26 Å². The van der Waals surface area contributed by atoms with E-state index in [1.54, 1.807) is 0 Å². The van der Waals surface area contributed by atoms with E-state index in [1.807, 2.05) is 18.5 Å². The van der Waals surface area contributed by atoms with Crippen LogP contribution in [0.25, 0.3) is 0 Å². The van der Waals surface area contributed by atoms with Gasteiger partial charge in [-0.2, -0.15) is 10.4 Å². The van der Waals surface area contributed by atoms with Crippen LogP contribution in [0.2, 0.25) is 0 Å². The first-order valence-corrected chi connectivity index (χ1v) is 5.74. The average molecular weight is 218 g/mol. The molecular weight excluding hydrogens is 200 g/mol. The minimum Gasteiger partial charge on any atom is -0.297 e. The SMILES string of the molecule is Cc1nn(C2CN(C(C)C)C2)c(C)c1C#N. The van der Waals surface area contributed by atoms with Crippen LogP contribution in [-0.2, 0) is 0 Å². The Hall–Kier alpha value is -1.34. The molecule has 1 aromatic heterocycles. The zero-order chi connectivity index (χ0) is 11.9. The van der Waals surface area contributed by atoms with Gasteiger partial charge in [-0.15, -0.1) is 0 Å². The molecule has 86 valence electrons. The summed E-state index contributed by atoms with van der Waals surface area (Å²) in [6, 6.07) is 3.27. The summed E-state index contributed by atoms with van der Waals surface area (Å²) < 4.78 is 2.02. The number of rotatable bonds is 2. The molecule has 0 aromatic carbocycles. The largest absolute Gasteiger partial charge is 0.297 e. The van der Waals surface area contributed by atoms with Gasteiger partial charge in [-0.3, -0.25) is 9.58 Å². The van der Waals surface area contributed by atoms with Crippen molar-refractivity contribution in [3.63, 3.8) is 0 Å². The normalized spacial score (nSPS) is 17.5. The summed E-state index contributed by atoms with van der Waals surface area (Å²) in [5.41, 5.74) is 2.60. The van der Waals surface area contributed by atoms with E-state index in [0.717, 1.165) is 30.0 Å². The number of nitriles is 1. The highest BCUT2D eigenvalue weighted by molar-refractivity contribution is 5.37. The highest BCUT2D eigenvalue weighted by Crippen LogP contribution is 2.26. The maximum absolute atomic E-state index is 9.01. The van der Waals surface area contributed by atoms with Crippen LogP contribution in [0.5, 0.6) is 0 Å². The Bertz CT molecular complexity index is 433. The molecule has 0 unspecified atom stereocenters. The van der Waals surface area contributed by atoms with Crippen LogP contribution in [-0.4, -0.2) is 33.8 Å². The topological polar surface area (TPSA) is 44.9 Å². The highest BCUT2D eigenvalue weighted by Gasteiger charge is 2.32. The fourth-order valence-electron chi connectivity index (χ4n) is 2.24. The van der Waals surface area contributed by atoms with Crippen LogP contribution >= 0.6 is 0 Å². The van der Waals surface area contributed by atoms with Crippen LogP contribution < -0.4 is 0 Å². The van der Waals surface area contributed by atoms with Crippen LogP contribution in [0.15, 0.2) is 0 Å². The van der Waals surface area contributed by atoms with E-state index < -0.39 is 0 Å². The number of hydrogen-bond donors (Lipinski definition) is 0. The molecule has 1 aliphatic heterocycles. The number of nitrogens with zero attached hydrogens (tertiary/aromatic N) is 4. The fraction of sp³-hybridized carbons (Fsp3) is 0.667. The summed E-state index contributed by atoms with van der Waals surface area (Å²) >= 11 is 0. The summed E-state index contributed by atoms with van der Waals surface area (Å²) in [7, 11) is 0. The van der Waals surface area contributed by atoms with Gasteiger partial charge in [-0.1, -0.05) is 0 Å². The van der Waals surface area contributed by atoms with Crippen molar-refractivity contribution in [1.82, 2.24) is 14.7 Å². The van der Waals surface area contributed by atoms with E-state index in [0.29, 0.717) is 12.1 Å². The molecule has 1 aromatic rings. The van der Waals surface area contributed by atoms with E-state index in [2.05, 4.69) is 29.9 Å². The second-order valence-electron chi connectivity index (χ2n) is 4.80. The standard InChI is InChI=1S/C12H18N4/c1-8(2)15-6-11(7-15)16-10(4)12(5-13)9(3)14-16/h8,11H,6-7H2,1-4H3. The molecule has 0 aliphatic carbocycles. The summed E-state index contributed by atoms with van der Waals surface area (Å²) in [6.07, 6.45) is 0. The van der Waals surface area contributed by atoms with Crippen molar-refractivity contribution in [3.8, 4) is 6.07 Å². The lowest BCUT2D eigenvalue weighted by Gasteiger charge is -2.42. The van der Waals surface area contributed by atoms with Crippen molar-refractivity contribution < 1.29 is 0 Å². The first kappa shape index (κ1) is 11.2. The zero-order valence-electron chi connectivity index (χ0n) is 10.4. The molecule has 0 radical (unpaired) electrons. The van der Waals surface area contributed by atoms with Gasteiger partial charge in [-0.05, 0) is 27.7 Å². The number of aromatic nitrogens is 2. The molecule has 0 atom stereocenters. The second-order valence-corrected chi connectivity index (χ2v) is 4.80. The van der Waals surface area contributed by atoms with Crippen molar-refractivity contribution in [3.05, 3.63) is 17.0 Å². The summed E-state index contributed by atoms with van der Waals surface area (Å²) in [5, 5.41) is 13.5. The molecule has 0 bridgehead atoms. The van der Waals surface area contributed by atoms with E-state index in [9.17, 15) is 0 Å². The molecule has 1 saturated heterocycles. The van der Waals surface area contributed by atoms with Crippen LogP contribution in [0.4, 0.5) is 0 Å². The molecule has 1 fully saturated rings. The lowest BCUT2D eigenvalue weighted by molar-refractivity contribution is 0.0662. The number of aryl methyl sites for hydroxylation is 1. The first-order chi connectivity index (χ1) is 7.54. The third-order valence-corrected chi connectivity index (χ3v) is 3.40. The summed E-state index contributed by atoms with van der Waals surface area (Å²) in [5.74, 6) is 0. The van der Waals surface area contributed by atoms with E-state index >= 15 is 0 Å². The number of hydrogen-bond acceptors (Lipinski definition) is 3. The number of likely N-dealkylation sites (tertiary alicyclic amines) is 1. The lowest BCUT2D eigenvalue weighted by atomic mass is 10.1. The molecule has 0 amide bonds. The predicted octanol–water partition coefficient (Wildman–Crippen LogP) is 1.64. The van der Waals surface area contributed by atoms with Crippen LogP contribution in [0.1, 0.15) is 36.8 Å². The summed E-state index contributed by atoms with van der Waals surface area (Å²) in [4.78, 5) is 2.41. The Labute approximate surface area is 96.5 Å². The van der Waals surface area contributed by atoms with E-state index in [-0.39, 0.29) is 0 Å². The molecular formula is C12H18N4. The Morgan fingerprint density at radius 1 is 1.38 bits per heavy atom. The van der Waals surface area contributed by atoms with Crippen molar-refractivity contribution in [2.45, 2.75) is 39.8 Å². The van der Waals surface area contributed by atoms with Gasteiger partial charge >= 0.3 is 0 Å². The van der Waals surface area contributed by atoms with Gasteiger partial charge < -0.3 is 0 Å². The molecule has 0 N–H and O–H groups in total. The molecule has 1 aliphatic rings. The predicted molar refractivity (Wildman–Crippen MR) is 62.2 cm³/mol. The van der Waals surface area contributed by atoms with Crippen molar-refractivity contribution in [2.75, 3.05) is 13.1 Å². The van der Waals surface area contributed by atoms with Crippen molar-refractivity contribution >= 4 is 0 Å². The second kappa shape index (κ2) is 3.91. The van der Waals surface area contributed by atoms with Crippen LogP contribution in [0, 0.1) is 25.2 Å². The van der Waals surface area contributed by atoms with Crippen LogP contribution in [0.3, 0.4) is 0 Å². The average Bonchev–Trinajstić information content (AvgIpc) is 2.39. The maximum Gasteiger partial charge on any atom is 0.103 e. The maximum atomic E-state index is 9.01. The van der Waals surface area contributed by atoms with Gasteiger partial charge in [0.25, 0.3) is 0 Å². The highest BCUT2D eigenvalue weighted by atomic mass is 15.4. The monoisotopic (exact) mass is 218 g/mol. The minimum atomic E-state index is 0.447. The smallest absolute Gasteiger partial charge is 0.103 e. The zero-order valence-corrected chi connectivity index (χ0v) is 10.4. The lowest BCUT2D eigenvalue weighted by Crippen LogP contribution is -2.51. The Kier molecular flexibility index (Phi) is 2.73. The summed E-state index contributed by atoms with van der Waals surface area (Å²) in [6.45, 7) is 10.4.